The van der Waals surface area contributed by atoms with Crippen LogP contribution in [0.5, 0.6) is 0 Å². The van der Waals surface area contributed by atoms with Crippen LogP contribution in [0.15, 0.2) is 18.5 Å². The molecule has 0 aromatic carbocycles. The van der Waals surface area contributed by atoms with Crippen LogP contribution in [-0.4, -0.2) is 43.6 Å². The third kappa shape index (κ3) is 3.89. The minimum Gasteiger partial charge on any atom is -0.329 e. The second kappa shape index (κ2) is 6.58. The van der Waals surface area contributed by atoms with Gasteiger partial charge < -0.3 is 16.0 Å². The highest BCUT2D eigenvalue weighted by molar-refractivity contribution is 5.25. The maximum absolute atomic E-state index is 5.79. The molecule has 0 fully saturated rings. The molecule has 0 saturated carbocycles. The molecule has 90 valence electrons. The van der Waals surface area contributed by atoms with Gasteiger partial charge in [0.25, 0.3) is 0 Å². The van der Waals surface area contributed by atoms with Crippen molar-refractivity contribution in [2.75, 3.05) is 33.7 Å². The summed E-state index contributed by atoms with van der Waals surface area (Å²) in [7, 11) is 4.13. The number of aromatic nitrogens is 1. The summed E-state index contributed by atoms with van der Waals surface area (Å²) in [4.78, 5) is 6.30. The number of rotatable bonds is 6. The fraction of sp³-hybridized carbons (Fsp3) is 0.583. The lowest BCUT2D eigenvalue weighted by atomic mass is 10.0. The first-order valence-corrected chi connectivity index (χ1v) is 5.64. The van der Waals surface area contributed by atoms with E-state index in [1.807, 2.05) is 18.5 Å². The van der Waals surface area contributed by atoms with Crippen LogP contribution in [-0.2, 0) is 0 Å². The van der Waals surface area contributed by atoms with Crippen molar-refractivity contribution >= 4 is 0 Å². The summed E-state index contributed by atoms with van der Waals surface area (Å²) in [6.07, 6.45) is 3.71. The van der Waals surface area contributed by atoms with E-state index in [1.165, 1.54) is 11.1 Å². The fourth-order valence-electron chi connectivity index (χ4n) is 1.62. The molecule has 4 heteroatoms. The summed E-state index contributed by atoms with van der Waals surface area (Å²) < 4.78 is 0. The first-order valence-electron chi connectivity index (χ1n) is 5.64. The Bertz CT molecular complexity index is 312. The van der Waals surface area contributed by atoms with E-state index in [0.717, 1.165) is 13.1 Å². The van der Waals surface area contributed by atoms with Crippen LogP contribution in [0.3, 0.4) is 0 Å². The SMILES string of the molecule is Cc1ccncc1C(CN)NCCN(C)C. The van der Waals surface area contributed by atoms with E-state index in [2.05, 4.69) is 36.2 Å². The lowest BCUT2D eigenvalue weighted by Gasteiger charge is -2.20. The fourth-order valence-corrected chi connectivity index (χ4v) is 1.62. The number of nitrogens with zero attached hydrogens (tertiary/aromatic N) is 2. The molecule has 4 nitrogen and oxygen atoms in total. The zero-order valence-corrected chi connectivity index (χ0v) is 10.4. The van der Waals surface area contributed by atoms with Crippen molar-refractivity contribution in [1.82, 2.24) is 15.2 Å². The van der Waals surface area contributed by atoms with Gasteiger partial charge in [-0.25, -0.2) is 0 Å². The molecule has 1 rings (SSSR count). The maximum atomic E-state index is 5.79. The third-order valence-electron chi connectivity index (χ3n) is 2.64. The molecule has 0 radical (unpaired) electrons. The molecule has 1 aromatic heterocycles. The van der Waals surface area contributed by atoms with E-state index in [4.69, 9.17) is 5.73 Å². The van der Waals surface area contributed by atoms with Gasteiger partial charge >= 0.3 is 0 Å². The molecular weight excluding hydrogens is 200 g/mol. The zero-order valence-electron chi connectivity index (χ0n) is 10.4. The number of aryl methyl sites for hydroxylation is 1. The van der Waals surface area contributed by atoms with Gasteiger partial charge in [0.15, 0.2) is 0 Å². The third-order valence-corrected chi connectivity index (χ3v) is 2.64. The van der Waals surface area contributed by atoms with Crippen LogP contribution in [0.25, 0.3) is 0 Å². The van der Waals surface area contributed by atoms with Crippen molar-refractivity contribution in [2.45, 2.75) is 13.0 Å². The highest BCUT2D eigenvalue weighted by atomic mass is 15.1. The Morgan fingerprint density at radius 3 is 2.81 bits per heavy atom. The Balaban J connectivity index is 2.57. The van der Waals surface area contributed by atoms with Gasteiger partial charge in [-0.2, -0.15) is 0 Å². The van der Waals surface area contributed by atoms with Crippen molar-refractivity contribution in [2.24, 2.45) is 5.73 Å². The molecule has 16 heavy (non-hydrogen) atoms. The molecule has 0 bridgehead atoms. The van der Waals surface area contributed by atoms with Gasteiger partial charge in [0, 0.05) is 38.1 Å². The highest BCUT2D eigenvalue weighted by Crippen LogP contribution is 2.14. The minimum atomic E-state index is 0.202. The maximum Gasteiger partial charge on any atom is 0.0462 e. The molecule has 0 amide bonds. The molecule has 1 aromatic rings. The van der Waals surface area contributed by atoms with Crippen molar-refractivity contribution in [3.8, 4) is 0 Å². The molecule has 0 aliphatic rings. The van der Waals surface area contributed by atoms with Crippen LogP contribution in [0, 0.1) is 6.92 Å². The number of nitrogens with one attached hydrogen (secondary N) is 1. The number of hydrogen-bond acceptors (Lipinski definition) is 4. The van der Waals surface area contributed by atoms with Gasteiger partial charge in [-0.1, -0.05) is 0 Å². The normalized spacial score (nSPS) is 13.1. The van der Waals surface area contributed by atoms with E-state index in [0.29, 0.717) is 6.54 Å². The average Bonchev–Trinajstić information content (AvgIpc) is 2.25. The van der Waals surface area contributed by atoms with E-state index in [9.17, 15) is 0 Å². The molecule has 0 aliphatic carbocycles. The Kier molecular flexibility index (Phi) is 5.38. The topological polar surface area (TPSA) is 54.2 Å². The number of likely N-dealkylation sites (N-methyl/N-ethyl adjacent to an activating group) is 1. The van der Waals surface area contributed by atoms with Gasteiger partial charge in [-0.05, 0) is 38.2 Å². The van der Waals surface area contributed by atoms with Gasteiger partial charge in [0.05, 0.1) is 0 Å². The van der Waals surface area contributed by atoms with Gasteiger partial charge in [-0.3, -0.25) is 4.98 Å². The second-order valence-corrected chi connectivity index (χ2v) is 4.28. The lowest BCUT2D eigenvalue weighted by Crippen LogP contribution is -2.34. The highest BCUT2D eigenvalue weighted by Gasteiger charge is 2.11. The summed E-state index contributed by atoms with van der Waals surface area (Å²) in [6, 6.07) is 2.22. The number of pyridine rings is 1. The monoisotopic (exact) mass is 222 g/mol. The predicted molar refractivity (Wildman–Crippen MR) is 67.3 cm³/mol. The minimum absolute atomic E-state index is 0.202. The summed E-state index contributed by atoms with van der Waals surface area (Å²) in [5.41, 5.74) is 8.22. The van der Waals surface area contributed by atoms with Gasteiger partial charge in [-0.15, -0.1) is 0 Å². The predicted octanol–water partition coefficient (Wildman–Crippen LogP) is 0.541. The van der Waals surface area contributed by atoms with Crippen molar-refractivity contribution in [3.63, 3.8) is 0 Å². The molecule has 3 N–H and O–H groups in total. The van der Waals surface area contributed by atoms with Crippen LogP contribution in [0.2, 0.25) is 0 Å². The molecule has 1 unspecified atom stereocenters. The standard InChI is InChI=1S/C12H22N4/c1-10-4-5-14-9-11(10)12(8-13)15-6-7-16(2)3/h4-5,9,12,15H,6-8,13H2,1-3H3. The second-order valence-electron chi connectivity index (χ2n) is 4.28. The summed E-state index contributed by atoms with van der Waals surface area (Å²) >= 11 is 0. The lowest BCUT2D eigenvalue weighted by molar-refractivity contribution is 0.385. The van der Waals surface area contributed by atoms with Crippen molar-refractivity contribution in [3.05, 3.63) is 29.6 Å². The van der Waals surface area contributed by atoms with Crippen molar-refractivity contribution < 1.29 is 0 Å². The molecule has 0 spiro atoms. The Morgan fingerprint density at radius 2 is 2.25 bits per heavy atom. The molecular formula is C12H22N4. The quantitative estimate of drug-likeness (QED) is 0.737. The summed E-state index contributed by atoms with van der Waals surface area (Å²) in [5, 5.41) is 3.45. The Morgan fingerprint density at radius 1 is 1.50 bits per heavy atom. The molecule has 0 aliphatic heterocycles. The largest absolute Gasteiger partial charge is 0.329 e. The van der Waals surface area contributed by atoms with E-state index < -0.39 is 0 Å². The summed E-state index contributed by atoms with van der Waals surface area (Å²) in [5.74, 6) is 0. The Labute approximate surface area is 97.9 Å². The first kappa shape index (κ1) is 13.1. The van der Waals surface area contributed by atoms with Crippen molar-refractivity contribution in [1.29, 1.82) is 0 Å². The van der Waals surface area contributed by atoms with Gasteiger partial charge in [0.1, 0.15) is 0 Å². The molecule has 1 atom stereocenters. The van der Waals surface area contributed by atoms with E-state index in [-0.39, 0.29) is 6.04 Å². The molecule has 1 heterocycles. The van der Waals surface area contributed by atoms with Crippen LogP contribution >= 0.6 is 0 Å². The first-order chi connectivity index (χ1) is 7.65. The van der Waals surface area contributed by atoms with Crippen LogP contribution < -0.4 is 11.1 Å². The number of hydrogen-bond donors (Lipinski definition) is 2. The molecule has 0 saturated heterocycles. The van der Waals surface area contributed by atoms with Gasteiger partial charge in [0.2, 0.25) is 0 Å². The van der Waals surface area contributed by atoms with Crippen LogP contribution in [0.4, 0.5) is 0 Å². The van der Waals surface area contributed by atoms with Crippen LogP contribution in [0.1, 0.15) is 17.2 Å². The van der Waals surface area contributed by atoms with E-state index >= 15 is 0 Å². The number of nitrogens with two attached hydrogens (primary N) is 1. The zero-order chi connectivity index (χ0) is 12.0. The average molecular weight is 222 g/mol. The Hall–Kier alpha value is -0.970. The van der Waals surface area contributed by atoms with E-state index in [1.54, 1.807) is 0 Å². The summed E-state index contributed by atoms with van der Waals surface area (Å²) in [6.45, 7) is 4.63. The smallest absolute Gasteiger partial charge is 0.0462 e.